The molecule has 98 valence electrons. The number of halogens is 1. The third-order valence-corrected chi connectivity index (χ3v) is 3.40. The minimum absolute atomic E-state index is 0.0129. The fraction of sp³-hybridized carbons (Fsp3) is 0.500. The minimum atomic E-state index is -0.706. The monoisotopic (exact) mass is 270 g/mol. The van der Waals surface area contributed by atoms with E-state index >= 15 is 0 Å². The van der Waals surface area contributed by atoms with Gasteiger partial charge in [0.1, 0.15) is 5.69 Å². The normalized spacial score (nSPS) is 17.4. The summed E-state index contributed by atoms with van der Waals surface area (Å²) in [4.78, 5) is 12.3. The Bertz CT molecular complexity index is 472. The second-order valence-corrected chi connectivity index (χ2v) is 5.16. The maximum Gasteiger partial charge on any atom is 0.294 e. The van der Waals surface area contributed by atoms with Crippen molar-refractivity contribution in [2.45, 2.75) is 25.4 Å². The summed E-state index contributed by atoms with van der Waals surface area (Å²) in [7, 11) is 0. The lowest BCUT2D eigenvalue weighted by Gasteiger charge is -2.47. The van der Waals surface area contributed by atoms with Crippen LogP contribution >= 0.6 is 11.6 Å². The van der Waals surface area contributed by atoms with Crippen LogP contribution in [0.3, 0.4) is 0 Å². The highest BCUT2D eigenvalue weighted by atomic mass is 35.5. The van der Waals surface area contributed by atoms with Crippen LogP contribution in [0, 0.1) is 10.1 Å². The third kappa shape index (κ3) is 2.42. The molecule has 0 aromatic heterocycles. The Morgan fingerprint density at radius 3 is 2.78 bits per heavy atom. The number of rotatable bonds is 4. The fourth-order valence-electron chi connectivity index (χ4n) is 2.37. The zero-order chi connectivity index (χ0) is 13.3. The average molecular weight is 271 g/mol. The van der Waals surface area contributed by atoms with E-state index in [4.69, 9.17) is 11.6 Å². The molecule has 5 nitrogen and oxygen atoms in total. The molecule has 1 saturated heterocycles. The largest absolute Gasteiger partial charge is 0.386 e. The van der Waals surface area contributed by atoms with Gasteiger partial charge in [-0.3, -0.25) is 10.1 Å². The van der Waals surface area contributed by atoms with Gasteiger partial charge >= 0.3 is 0 Å². The molecule has 0 unspecified atom stereocenters. The van der Waals surface area contributed by atoms with E-state index in [2.05, 4.69) is 0 Å². The van der Waals surface area contributed by atoms with Gasteiger partial charge in [0.05, 0.1) is 10.5 Å². The number of benzene rings is 1. The molecule has 1 N–H and O–H groups in total. The van der Waals surface area contributed by atoms with Crippen LogP contribution in [0.15, 0.2) is 18.2 Å². The molecule has 0 saturated carbocycles. The van der Waals surface area contributed by atoms with Crippen molar-refractivity contribution in [2.24, 2.45) is 0 Å². The molecular formula is C12H15ClN2O3. The average Bonchev–Trinajstić information content (AvgIpc) is 2.26. The van der Waals surface area contributed by atoms with E-state index < -0.39 is 10.5 Å². The molecule has 0 atom stereocenters. The number of nitro benzene ring substituents is 1. The number of nitro groups is 1. The second-order valence-electron chi connectivity index (χ2n) is 4.72. The van der Waals surface area contributed by atoms with E-state index in [-0.39, 0.29) is 5.69 Å². The van der Waals surface area contributed by atoms with Crippen LogP contribution in [0.4, 0.5) is 11.4 Å². The van der Waals surface area contributed by atoms with Gasteiger partial charge in [0.25, 0.3) is 5.69 Å². The second kappa shape index (κ2) is 4.74. The maximum absolute atomic E-state index is 11.0. The van der Waals surface area contributed by atoms with Crippen molar-refractivity contribution < 1.29 is 10.0 Å². The summed E-state index contributed by atoms with van der Waals surface area (Å²) in [5.74, 6) is 0. The van der Waals surface area contributed by atoms with E-state index in [1.54, 1.807) is 12.1 Å². The summed E-state index contributed by atoms with van der Waals surface area (Å²) in [5, 5.41) is 21.4. The lowest BCUT2D eigenvalue weighted by Crippen LogP contribution is -2.62. The lowest BCUT2D eigenvalue weighted by atomic mass is 9.88. The molecule has 0 bridgehead atoms. The van der Waals surface area contributed by atoms with Gasteiger partial charge in [0, 0.05) is 24.2 Å². The molecule has 2 rings (SSSR count). The first kappa shape index (κ1) is 13.1. The first-order valence-corrected chi connectivity index (χ1v) is 6.24. The van der Waals surface area contributed by atoms with Crippen LogP contribution in [-0.2, 0) is 0 Å². The molecule has 0 amide bonds. The highest BCUT2D eigenvalue weighted by Crippen LogP contribution is 2.37. The predicted octanol–water partition coefficient (Wildman–Crippen LogP) is 2.60. The molecule has 0 spiro atoms. The number of anilines is 1. The Hall–Kier alpha value is -1.33. The molecular weight excluding hydrogens is 256 g/mol. The lowest BCUT2D eigenvalue weighted by molar-refractivity contribution is -0.384. The first-order valence-electron chi connectivity index (χ1n) is 5.86. The molecule has 1 aromatic carbocycles. The summed E-state index contributed by atoms with van der Waals surface area (Å²) in [6.07, 6.45) is 1.61. The van der Waals surface area contributed by atoms with Gasteiger partial charge in [-0.2, -0.15) is 0 Å². The molecule has 6 heteroatoms. The summed E-state index contributed by atoms with van der Waals surface area (Å²) >= 11 is 5.76. The van der Waals surface area contributed by atoms with Crippen LogP contribution in [-0.4, -0.2) is 28.7 Å². The number of hydrogen-bond donors (Lipinski definition) is 1. The van der Waals surface area contributed by atoms with Crippen LogP contribution in [0.2, 0.25) is 5.02 Å². The van der Waals surface area contributed by atoms with Gasteiger partial charge in [-0.15, -0.1) is 0 Å². The molecule has 0 aliphatic carbocycles. The van der Waals surface area contributed by atoms with Gasteiger partial charge in [-0.1, -0.05) is 24.9 Å². The van der Waals surface area contributed by atoms with Gasteiger partial charge in [-0.05, 0) is 18.6 Å². The van der Waals surface area contributed by atoms with Gasteiger partial charge < -0.3 is 10.0 Å². The fourth-order valence-corrected chi connectivity index (χ4v) is 2.53. The number of hydrogen-bond acceptors (Lipinski definition) is 4. The summed E-state index contributed by atoms with van der Waals surface area (Å²) < 4.78 is 0. The van der Waals surface area contributed by atoms with Crippen molar-refractivity contribution in [1.29, 1.82) is 0 Å². The van der Waals surface area contributed by atoms with Crippen LogP contribution in [0.1, 0.15) is 19.8 Å². The van der Waals surface area contributed by atoms with Gasteiger partial charge in [0.2, 0.25) is 0 Å². The van der Waals surface area contributed by atoms with E-state index in [0.29, 0.717) is 30.2 Å². The maximum atomic E-state index is 11.0. The van der Waals surface area contributed by atoms with Crippen molar-refractivity contribution >= 4 is 23.0 Å². The molecule has 1 fully saturated rings. The highest BCUT2D eigenvalue weighted by molar-refractivity contribution is 6.30. The van der Waals surface area contributed by atoms with Crippen molar-refractivity contribution in [3.8, 4) is 0 Å². The topological polar surface area (TPSA) is 66.6 Å². The predicted molar refractivity (Wildman–Crippen MR) is 70.2 cm³/mol. The van der Waals surface area contributed by atoms with Crippen LogP contribution in [0.5, 0.6) is 0 Å². The van der Waals surface area contributed by atoms with Crippen molar-refractivity contribution in [2.75, 3.05) is 18.0 Å². The van der Waals surface area contributed by atoms with Crippen molar-refractivity contribution in [3.63, 3.8) is 0 Å². The van der Waals surface area contributed by atoms with Gasteiger partial charge in [-0.25, -0.2) is 0 Å². The molecule has 1 aliphatic rings. The molecule has 0 radical (unpaired) electrons. The zero-order valence-corrected chi connectivity index (χ0v) is 10.9. The van der Waals surface area contributed by atoms with Crippen LogP contribution < -0.4 is 4.90 Å². The smallest absolute Gasteiger partial charge is 0.294 e. The van der Waals surface area contributed by atoms with Crippen molar-refractivity contribution in [1.82, 2.24) is 0 Å². The first-order chi connectivity index (χ1) is 8.45. The highest BCUT2D eigenvalue weighted by Gasteiger charge is 2.42. The number of nitrogens with zero attached hydrogens (tertiary/aromatic N) is 2. The van der Waals surface area contributed by atoms with E-state index in [1.165, 1.54) is 6.07 Å². The molecule has 18 heavy (non-hydrogen) atoms. The summed E-state index contributed by atoms with van der Waals surface area (Å²) in [6, 6.07) is 4.60. The Labute approximate surface area is 110 Å². The summed E-state index contributed by atoms with van der Waals surface area (Å²) in [6.45, 7) is 2.87. The van der Waals surface area contributed by atoms with E-state index in [9.17, 15) is 15.2 Å². The van der Waals surface area contributed by atoms with E-state index in [0.717, 1.165) is 6.42 Å². The van der Waals surface area contributed by atoms with Crippen molar-refractivity contribution in [3.05, 3.63) is 33.3 Å². The number of β-amino-alcohol motifs (C(OH)–C–C–N with tert-alkyl or cyclic N) is 1. The standard InChI is InChI=1S/C12H15ClN2O3/c1-2-5-12(16)7-14(8-12)10-4-3-9(13)6-11(10)15(17)18/h3-4,6,16H,2,5,7-8H2,1H3. The van der Waals surface area contributed by atoms with Gasteiger partial charge in [0.15, 0.2) is 0 Å². The summed E-state index contributed by atoms with van der Waals surface area (Å²) in [5.41, 5.74) is -0.200. The zero-order valence-electron chi connectivity index (χ0n) is 10.1. The molecule has 1 aromatic rings. The molecule has 1 aliphatic heterocycles. The SMILES string of the molecule is CCCC1(O)CN(c2ccc(Cl)cc2[N+](=O)[O-])C1. The Kier molecular flexibility index (Phi) is 3.45. The van der Waals surface area contributed by atoms with Crippen LogP contribution in [0.25, 0.3) is 0 Å². The minimum Gasteiger partial charge on any atom is -0.386 e. The van der Waals surface area contributed by atoms with E-state index in [1.807, 2.05) is 11.8 Å². The number of aliphatic hydroxyl groups is 1. The Morgan fingerprint density at radius 1 is 1.56 bits per heavy atom. The quantitative estimate of drug-likeness (QED) is 0.675. The third-order valence-electron chi connectivity index (χ3n) is 3.16. The molecule has 1 heterocycles. The Balaban J connectivity index is 2.19. The Morgan fingerprint density at radius 2 is 2.22 bits per heavy atom.